The SMILES string of the molecule is CC(C)c1ccccc1NC(=O)NS/N=C/c1ccc2c(CNc3ccc(OC(F)(F)F)cc3)nn(C)c2c1. The lowest BCUT2D eigenvalue weighted by Crippen LogP contribution is -2.23. The van der Waals surface area contributed by atoms with E-state index in [0.717, 1.165) is 45.5 Å². The van der Waals surface area contributed by atoms with Crippen LogP contribution in [0.3, 0.4) is 0 Å². The second kappa shape index (κ2) is 12.1. The highest BCUT2D eigenvalue weighted by Gasteiger charge is 2.30. The van der Waals surface area contributed by atoms with E-state index in [2.05, 4.69) is 43.4 Å². The van der Waals surface area contributed by atoms with E-state index in [9.17, 15) is 18.0 Å². The summed E-state index contributed by atoms with van der Waals surface area (Å²) in [5.41, 5.74) is 4.92. The van der Waals surface area contributed by atoms with Crippen molar-refractivity contribution in [3.63, 3.8) is 0 Å². The Morgan fingerprint density at radius 2 is 1.87 bits per heavy atom. The van der Waals surface area contributed by atoms with E-state index in [4.69, 9.17) is 0 Å². The summed E-state index contributed by atoms with van der Waals surface area (Å²) in [5, 5.41) is 11.5. The molecule has 4 rings (SSSR count). The predicted octanol–water partition coefficient (Wildman–Crippen LogP) is 7.01. The number of benzene rings is 3. The number of aromatic nitrogens is 2. The van der Waals surface area contributed by atoms with Gasteiger partial charge in [-0.3, -0.25) is 9.40 Å². The van der Waals surface area contributed by atoms with Gasteiger partial charge in [0.2, 0.25) is 0 Å². The molecule has 1 aromatic heterocycles. The smallest absolute Gasteiger partial charge is 0.406 e. The fourth-order valence-electron chi connectivity index (χ4n) is 3.94. The van der Waals surface area contributed by atoms with E-state index in [0.29, 0.717) is 12.2 Å². The Morgan fingerprint density at radius 3 is 2.59 bits per heavy atom. The molecule has 4 aromatic rings. The van der Waals surface area contributed by atoms with Crippen molar-refractivity contribution < 1.29 is 22.7 Å². The van der Waals surface area contributed by atoms with Gasteiger partial charge in [-0.15, -0.1) is 13.2 Å². The molecule has 0 bridgehead atoms. The number of hydrogen-bond donors (Lipinski definition) is 3. The van der Waals surface area contributed by atoms with Gasteiger partial charge in [0.15, 0.2) is 0 Å². The number of nitrogens with zero attached hydrogens (tertiary/aromatic N) is 3. The highest BCUT2D eigenvalue weighted by molar-refractivity contribution is 7.96. The minimum absolute atomic E-state index is 0.277. The van der Waals surface area contributed by atoms with Crippen molar-refractivity contribution in [2.45, 2.75) is 32.7 Å². The largest absolute Gasteiger partial charge is 0.573 e. The normalized spacial score (nSPS) is 11.8. The third-order valence-electron chi connectivity index (χ3n) is 5.72. The molecule has 204 valence electrons. The number of carbonyl (C=O) groups is 1. The van der Waals surface area contributed by atoms with E-state index in [1.165, 1.54) is 24.3 Å². The molecule has 0 saturated carbocycles. The quantitative estimate of drug-likeness (QED) is 0.152. The summed E-state index contributed by atoms with van der Waals surface area (Å²) in [6, 6.07) is 18.5. The highest BCUT2D eigenvalue weighted by atomic mass is 32.2. The fourth-order valence-corrected chi connectivity index (χ4v) is 4.30. The van der Waals surface area contributed by atoms with E-state index in [-0.39, 0.29) is 17.7 Å². The van der Waals surface area contributed by atoms with Crippen molar-refractivity contribution in [1.29, 1.82) is 0 Å². The fraction of sp³-hybridized carbons (Fsp3) is 0.222. The number of anilines is 2. The molecule has 39 heavy (non-hydrogen) atoms. The van der Waals surface area contributed by atoms with Crippen LogP contribution in [0.25, 0.3) is 10.9 Å². The minimum atomic E-state index is -4.73. The van der Waals surface area contributed by atoms with Gasteiger partial charge in [0, 0.05) is 30.0 Å². The number of rotatable bonds is 9. The Morgan fingerprint density at radius 1 is 1.13 bits per heavy atom. The molecule has 0 aliphatic rings. The average Bonchev–Trinajstić information content (AvgIpc) is 3.20. The van der Waals surface area contributed by atoms with Crippen LogP contribution in [0, 0.1) is 0 Å². The number of ether oxygens (including phenoxy) is 1. The lowest BCUT2D eigenvalue weighted by Gasteiger charge is -2.13. The topological polar surface area (TPSA) is 92.6 Å². The Bertz CT molecular complexity index is 1470. The number of amides is 2. The standard InChI is InChI=1S/C27H27F3N6O2S/c1-17(2)21-6-4-5-7-23(21)33-26(37)35-39-32-15-18-8-13-22-24(34-36(3)25(22)14-18)16-31-19-9-11-20(12-10-19)38-27(28,29)30/h4-15,17,31H,16H2,1-3H3,(H2,33,35,37)/b32-15+. The lowest BCUT2D eigenvalue weighted by atomic mass is 10.0. The van der Waals surface area contributed by atoms with Crippen molar-refractivity contribution >= 4 is 46.7 Å². The number of halogens is 3. The first-order valence-corrected chi connectivity index (χ1v) is 12.8. The molecule has 0 fully saturated rings. The van der Waals surface area contributed by atoms with Gasteiger partial charge in [0.25, 0.3) is 0 Å². The number of para-hydroxylation sites is 1. The summed E-state index contributed by atoms with van der Waals surface area (Å²) in [7, 11) is 1.83. The van der Waals surface area contributed by atoms with Crippen molar-refractivity contribution in [2.24, 2.45) is 11.4 Å². The number of aryl methyl sites for hydroxylation is 1. The van der Waals surface area contributed by atoms with Gasteiger partial charge in [0.1, 0.15) is 5.75 Å². The Balaban J connectivity index is 1.33. The second-order valence-corrected chi connectivity index (χ2v) is 9.49. The lowest BCUT2D eigenvalue weighted by molar-refractivity contribution is -0.274. The van der Waals surface area contributed by atoms with Gasteiger partial charge >= 0.3 is 12.4 Å². The zero-order valence-electron chi connectivity index (χ0n) is 21.4. The van der Waals surface area contributed by atoms with Crippen molar-refractivity contribution in [1.82, 2.24) is 14.5 Å². The third kappa shape index (κ3) is 7.66. The average molecular weight is 557 g/mol. The number of alkyl halides is 3. The van der Waals surface area contributed by atoms with Crippen molar-refractivity contribution in [3.8, 4) is 5.75 Å². The van der Waals surface area contributed by atoms with Crippen LogP contribution < -0.4 is 20.1 Å². The van der Waals surface area contributed by atoms with E-state index >= 15 is 0 Å². The molecular weight excluding hydrogens is 529 g/mol. The Kier molecular flexibility index (Phi) is 8.65. The molecule has 0 aliphatic carbocycles. The monoisotopic (exact) mass is 556 g/mol. The Labute approximate surface area is 227 Å². The summed E-state index contributed by atoms with van der Waals surface area (Å²) < 4.78 is 49.5. The van der Waals surface area contributed by atoms with Crippen LogP contribution in [0.4, 0.5) is 29.3 Å². The Hall–Kier alpha value is -4.19. The van der Waals surface area contributed by atoms with Gasteiger partial charge < -0.3 is 15.4 Å². The number of nitrogens with one attached hydrogen (secondary N) is 3. The summed E-state index contributed by atoms with van der Waals surface area (Å²) in [6.07, 6.45) is -3.09. The zero-order chi connectivity index (χ0) is 28.0. The zero-order valence-corrected chi connectivity index (χ0v) is 22.2. The maximum atomic E-state index is 12.3. The van der Waals surface area contributed by atoms with Crippen LogP contribution in [0.1, 0.15) is 36.6 Å². The van der Waals surface area contributed by atoms with Crippen LogP contribution >= 0.6 is 12.1 Å². The van der Waals surface area contributed by atoms with Crippen LogP contribution in [-0.2, 0) is 13.6 Å². The molecule has 0 unspecified atom stereocenters. The molecule has 0 spiro atoms. The molecule has 12 heteroatoms. The second-order valence-electron chi connectivity index (χ2n) is 8.90. The third-order valence-corrected chi connectivity index (χ3v) is 6.21. The van der Waals surface area contributed by atoms with Crippen LogP contribution in [0.2, 0.25) is 0 Å². The van der Waals surface area contributed by atoms with Crippen LogP contribution in [-0.4, -0.2) is 28.4 Å². The molecule has 8 nitrogen and oxygen atoms in total. The molecule has 3 N–H and O–H groups in total. The molecule has 0 saturated heterocycles. The summed E-state index contributed by atoms with van der Waals surface area (Å²) >= 11 is 0.918. The number of carbonyl (C=O) groups excluding carboxylic acids is 1. The van der Waals surface area contributed by atoms with Gasteiger partial charge in [-0.2, -0.15) is 5.10 Å². The van der Waals surface area contributed by atoms with Crippen molar-refractivity contribution in [2.75, 3.05) is 10.6 Å². The first-order chi connectivity index (χ1) is 18.6. The van der Waals surface area contributed by atoms with Crippen LogP contribution in [0.5, 0.6) is 5.75 Å². The molecule has 0 aliphatic heterocycles. The summed E-state index contributed by atoms with van der Waals surface area (Å²) in [6.45, 7) is 4.50. The molecular formula is C27H27F3N6O2S. The van der Waals surface area contributed by atoms with E-state index < -0.39 is 6.36 Å². The number of hydrogen-bond acceptors (Lipinski definition) is 6. The first kappa shape index (κ1) is 27.8. The van der Waals surface area contributed by atoms with E-state index in [1.807, 2.05) is 49.5 Å². The van der Waals surface area contributed by atoms with Gasteiger partial charge in [-0.1, -0.05) is 44.2 Å². The number of fused-ring (bicyclic) bond motifs is 1. The molecule has 0 radical (unpaired) electrons. The molecule has 3 aromatic carbocycles. The predicted molar refractivity (Wildman–Crippen MR) is 149 cm³/mol. The van der Waals surface area contributed by atoms with Gasteiger partial charge in [0.05, 0.1) is 29.9 Å². The minimum Gasteiger partial charge on any atom is -0.406 e. The maximum absolute atomic E-state index is 12.3. The summed E-state index contributed by atoms with van der Waals surface area (Å²) in [4.78, 5) is 12.3. The summed E-state index contributed by atoms with van der Waals surface area (Å²) in [5.74, 6) is -0.00495. The van der Waals surface area contributed by atoms with Crippen molar-refractivity contribution in [3.05, 3.63) is 83.6 Å². The van der Waals surface area contributed by atoms with E-state index in [1.54, 1.807) is 10.9 Å². The molecule has 2 amide bonds. The van der Waals surface area contributed by atoms with Crippen LogP contribution in [0.15, 0.2) is 71.1 Å². The molecule has 1 heterocycles. The first-order valence-electron chi connectivity index (χ1n) is 12.0. The number of urea groups is 1. The molecule has 0 atom stereocenters. The highest BCUT2D eigenvalue weighted by Crippen LogP contribution is 2.26. The maximum Gasteiger partial charge on any atom is 0.573 e. The van der Waals surface area contributed by atoms with Gasteiger partial charge in [-0.25, -0.2) is 9.19 Å². The van der Waals surface area contributed by atoms with Gasteiger partial charge in [-0.05, 0) is 53.4 Å².